The second-order valence-electron chi connectivity index (χ2n) is 5.60. The summed E-state index contributed by atoms with van der Waals surface area (Å²) in [5.74, 6) is 0.340. The number of benzene rings is 3. The molecule has 3 aromatic rings. The van der Waals surface area contributed by atoms with Crippen LogP contribution in [0.5, 0.6) is 0 Å². The smallest absolute Gasteiger partial charge is 0.284 e. The van der Waals surface area contributed by atoms with Crippen LogP contribution in [0.15, 0.2) is 94.2 Å². The first-order chi connectivity index (χ1) is 12.5. The van der Waals surface area contributed by atoms with Crippen molar-refractivity contribution in [1.82, 2.24) is 0 Å². The van der Waals surface area contributed by atoms with Crippen LogP contribution in [0.1, 0.15) is 5.56 Å². The number of rotatable bonds is 4. The van der Waals surface area contributed by atoms with Gasteiger partial charge in [-0.25, -0.2) is 0 Å². The van der Waals surface area contributed by atoms with E-state index in [4.69, 9.17) is 11.6 Å². The first-order valence-electron chi connectivity index (χ1n) is 7.92. The number of anilines is 1. The fraction of sp³-hybridized carbons (Fsp3) is 0.0500. The van der Waals surface area contributed by atoms with Crippen LogP contribution in [0.3, 0.4) is 0 Å². The highest BCUT2D eigenvalue weighted by molar-refractivity contribution is 7.90. The first-order valence-corrected chi connectivity index (χ1v) is 9.74. The Morgan fingerprint density at radius 3 is 1.96 bits per heavy atom. The lowest BCUT2D eigenvalue weighted by Crippen LogP contribution is -2.28. The van der Waals surface area contributed by atoms with E-state index in [0.29, 0.717) is 16.4 Å². The summed E-state index contributed by atoms with van der Waals surface area (Å²) >= 11 is 5.85. The predicted octanol–water partition coefficient (Wildman–Crippen LogP) is 4.61. The van der Waals surface area contributed by atoms with Crippen LogP contribution in [0.25, 0.3) is 0 Å². The molecular weight excluding hydrogens is 368 g/mol. The van der Waals surface area contributed by atoms with Crippen molar-refractivity contribution in [1.29, 1.82) is 0 Å². The Morgan fingerprint density at radius 2 is 1.38 bits per heavy atom. The SMILES string of the molecule is CN(/C(=N\S(=O)(=O)c1ccc(Cl)cc1)c1ccccc1)c1ccccc1. The van der Waals surface area contributed by atoms with Crippen LogP contribution in [0.2, 0.25) is 5.02 Å². The lowest BCUT2D eigenvalue weighted by Gasteiger charge is -2.21. The van der Waals surface area contributed by atoms with Crippen molar-refractivity contribution in [2.45, 2.75) is 4.90 Å². The lowest BCUT2D eigenvalue weighted by molar-refractivity contribution is 0.598. The average molecular weight is 385 g/mol. The number of hydrogen-bond acceptors (Lipinski definition) is 2. The van der Waals surface area contributed by atoms with Gasteiger partial charge in [-0.2, -0.15) is 8.42 Å². The summed E-state index contributed by atoms with van der Waals surface area (Å²) in [6, 6.07) is 24.7. The van der Waals surface area contributed by atoms with E-state index < -0.39 is 10.0 Å². The molecule has 0 aliphatic rings. The first kappa shape index (κ1) is 18.2. The van der Waals surface area contributed by atoms with E-state index in [1.807, 2.05) is 60.7 Å². The van der Waals surface area contributed by atoms with Gasteiger partial charge in [-0.3, -0.25) is 0 Å². The summed E-state index contributed by atoms with van der Waals surface area (Å²) in [6.45, 7) is 0. The number of halogens is 1. The van der Waals surface area contributed by atoms with Gasteiger partial charge in [-0.15, -0.1) is 4.40 Å². The number of hydrogen-bond donors (Lipinski definition) is 0. The third-order valence-corrected chi connectivity index (χ3v) is 5.34. The number of sulfonamides is 1. The molecule has 26 heavy (non-hydrogen) atoms. The summed E-state index contributed by atoms with van der Waals surface area (Å²) < 4.78 is 29.7. The van der Waals surface area contributed by atoms with Crippen molar-refractivity contribution in [3.63, 3.8) is 0 Å². The minimum absolute atomic E-state index is 0.0943. The van der Waals surface area contributed by atoms with E-state index >= 15 is 0 Å². The van der Waals surface area contributed by atoms with E-state index in [2.05, 4.69) is 4.40 Å². The zero-order valence-electron chi connectivity index (χ0n) is 14.1. The molecule has 4 nitrogen and oxygen atoms in total. The van der Waals surface area contributed by atoms with Crippen molar-refractivity contribution in [3.05, 3.63) is 95.5 Å². The molecule has 0 unspecified atom stereocenters. The Hall–Kier alpha value is -2.63. The highest BCUT2D eigenvalue weighted by atomic mass is 35.5. The Balaban J connectivity index is 2.11. The molecule has 0 aliphatic heterocycles. The molecule has 3 rings (SSSR count). The summed E-state index contributed by atoms with van der Waals surface area (Å²) in [5.41, 5.74) is 1.54. The Labute approximate surface area is 158 Å². The maximum Gasteiger partial charge on any atom is 0.284 e. The van der Waals surface area contributed by atoms with Gasteiger partial charge in [-0.1, -0.05) is 60.1 Å². The third-order valence-electron chi connectivity index (χ3n) is 3.81. The Bertz CT molecular complexity index is 1000. The van der Waals surface area contributed by atoms with Crippen LogP contribution < -0.4 is 4.90 Å². The molecule has 0 aromatic heterocycles. The van der Waals surface area contributed by atoms with Crippen molar-refractivity contribution in [2.24, 2.45) is 4.40 Å². The zero-order chi connectivity index (χ0) is 18.6. The molecule has 0 aliphatic carbocycles. The molecule has 0 radical (unpaired) electrons. The molecule has 0 heterocycles. The fourth-order valence-corrected chi connectivity index (χ4v) is 3.61. The van der Waals surface area contributed by atoms with Crippen LogP contribution in [0, 0.1) is 0 Å². The van der Waals surface area contributed by atoms with Gasteiger partial charge >= 0.3 is 0 Å². The van der Waals surface area contributed by atoms with Crippen LogP contribution in [-0.2, 0) is 10.0 Å². The van der Waals surface area contributed by atoms with E-state index in [0.717, 1.165) is 5.69 Å². The van der Waals surface area contributed by atoms with Crippen molar-refractivity contribution in [3.8, 4) is 0 Å². The minimum atomic E-state index is -3.89. The predicted molar refractivity (Wildman–Crippen MR) is 106 cm³/mol. The van der Waals surface area contributed by atoms with Crippen molar-refractivity contribution in [2.75, 3.05) is 11.9 Å². The van der Waals surface area contributed by atoms with Gasteiger partial charge in [0.1, 0.15) is 0 Å². The molecule has 0 atom stereocenters. The third kappa shape index (κ3) is 4.12. The number of para-hydroxylation sites is 1. The Kier molecular flexibility index (Phi) is 5.40. The maximum atomic E-state index is 12.8. The fourth-order valence-electron chi connectivity index (χ4n) is 2.44. The maximum absolute atomic E-state index is 12.8. The summed E-state index contributed by atoms with van der Waals surface area (Å²) in [4.78, 5) is 1.85. The molecular formula is C20H17ClN2O2S. The minimum Gasteiger partial charge on any atom is -0.328 e. The molecule has 132 valence electrons. The van der Waals surface area contributed by atoms with E-state index in [-0.39, 0.29) is 4.90 Å². The average Bonchev–Trinajstić information content (AvgIpc) is 2.67. The normalized spacial score (nSPS) is 12.0. The second-order valence-corrected chi connectivity index (χ2v) is 7.65. The molecule has 6 heteroatoms. The topological polar surface area (TPSA) is 49.7 Å². The number of nitrogens with zero attached hydrogens (tertiary/aromatic N) is 2. The van der Waals surface area contributed by atoms with E-state index in [9.17, 15) is 8.42 Å². The number of amidine groups is 1. The van der Waals surface area contributed by atoms with Crippen LogP contribution in [0.4, 0.5) is 5.69 Å². The second kappa shape index (κ2) is 7.72. The van der Waals surface area contributed by atoms with Gasteiger partial charge in [-0.05, 0) is 36.4 Å². The van der Waals surface area contributed by atoms with Gasteiger partial charge in [0.25, 0.3) is 10.0 Å². The molecule has 0 saturated carbocycles. The molecule has 3 aromatic carbocycles. The quantitative estimate of drug-likeness (QED) is 0.487. The molecule has 0 fully saturated rings. The summed E-state index contributed by atoms with van der Waals surface area (Å²) in [7, 11) is -2.10. The molecule has 0 saturated heterocycles. The molecule has 0 amide bonds. The monoisotopic (exact) mass is 384 g/mol. The van der Waals surface area contributed by atoms with Gasteiger partial charge in [0.2, 0.25) is 0 Å². The van der Waals surface area contributed by atoms with Crippen LogP contribution in [-0.4, -0.2) is 21.3 Å². The highest BCUT2D eigenvalue weighted by Gasteiger charge is 2.19. The Morgan fingerprint density at radius 1 is 0.846 bits per heavy atom. The van der Waals surface area contributed by atoms with Crippen LogP contribution >= 0.6 is 11.6 Å². The largest absolute Gasteiger partial charge is 0.328 e. The van der Waals surface area contributed by atoms with Gasteiger partial charge < -0.3 is 4.90 Å². The summed E-state index contributed by atoms with van der Waals surface area (Å²) in [6.07, 6.45) is 0. The molecule has 0 N–H and O–H groups in total. The zero-order valence-corrected chi connectivity index (χ0v) is 15.7. The van der Waals surface area contributed by atoms with Gasteiger partial charge in [0.05, 0.1) is 4.90 Å². The van der Waals surface area contributed by atoms with Gasteiger partial charge in [0, 0.05) is 23.3 Å². The van der Waals surface area contributed by atoms with Gasteiger partial charge in [0.15, 0.2) is 5.84 Å². The van der Waals surface area contributed by atoms with E-state index in [1.54, 1.807) is 11.9 Å². The highest BCUT2D eigenvalue weighted by Crippen LogP contribution is 2.20. The lowest BCUT2D eigenvalue weighted by atomic mass is 10.2. The summed E-state index contributed by atoms with van der Waals surface area (Å²) in [5, 5.41) is 0.470. The van der Waals surface area contributed by atoms with Crippen molar-refractivity contribution < 1.29 is 8.42 Å². The van der Waals surface area contributed by atoms with Crippen molar-refractivity contribution >= 4 is 33.1 Å². The van der Waals surface area contributed by atoms with E-state index in [1.165, 1.54) is 24.3 Å². The molecule has 0 bridgehead atoms. The molecule has 0 spiro atoms. The standard InChI is InChI=1S/C20H17ClN2O2S/c1-23(18-10-6-3-7-11-18)20(16-8-4-2-5-9-16)22-26(24,25)19-14-12-17(21)13-15-19/h2-15H,1H3/b22-20-.